The lowest BCUT2D eigenvalue weighted by Crippen LogP contribution is -2.25. The summed E-state index contributed by atoms with van der Waals surface area (Å²) >= 11 is 0. The Morgan fingerprint density at radius 2 is 1.04 bits per heavy atom. The monoisotopic (exact) mass is 633 g/mol. The Kier molecular flexibility index (Phi) is 4.57. The number of fused-ring (bicyclic) bond motifs is 10. The van der Waals surface area contributed by atoms with Crippen LogP contribution in [-0.4, -0.2) is 10.2 Å². The summed E-state index contributed by atoms with van der Waals surface area (Å²) in [5.41, 5.74) is 14.3. The van der Waals surface area contributed by atoms with Crippen LogP contribution in [0.1, 0.15) is 137 Å². The number of ketones is 1. The molecule has 0 N–H and O–H groups in total. The summed E-state index contributed by atoms with van der Waals surface area (Å²) in [7, 11) is 0. The third kappa shape index (κ3) is 2.95. The molecule has 49 heavy (non-hydrogen) atoms. The zero-order valence-electron chi connectivity index (χ0n) is 27.5. The maximum atomic E-state index is 14.7. The van der Waals surface area contributed by atoms with Gasteiger partial charge in [0.2, 0.25) is 0 Å². The van der Waals surface area contributed by atoms with E-state index in [9.17, 15) is 15.3 Å². The van der Waals surface area contributed by atoms with Crippen LogP contribution >= 0.6 is 0 Å². The highest BCUT2D eigenvalue weighted by molar-refractivity contribution is 6.37. The first-order valence-corrected chi connectivity index (χ1v) is 19.0. The SMILES string of the molecule is N#Cc1cc2c(c3c1C1CC4CC(C1)CC3C4)c1cc3c(c4c5c6c(c(C#N)cc5n2c14)C1CC2CC(C1)CC6C2)C(=O)c1ccccc1-3. The first kappa shape index (κ1) is 26.2. The maximum Gasteiger partial charge on any atom is 0.194 e. The Balaban J connectivity index is 1.28. The molecule has 4 nitrogen and oxygen atoms in total. The fourth-order valence-corrected chi connectivity index (χ4v) is 14.1. The molecule has 0 amide bonds. The van der Waals surface area contributed by atoms with Gasteiger partial charge < -0.3 is 4.40 Å². The molecular weight excluding hydrogens is 599 g/mol. The summed E-state index contributed by atoms with van der Waals surface area (Å²) in [6.45, 7) is 0. The first-order valence-electron chi connectivity index (χ1n) is 19.0. The average Bonchev–Trinajstić information content (AvgIpc) is 3.61. The molecule has 9 aliphatic rings. The van der Waals surface area contributed by atoms with Crippen molar-refractivity contribution in [2.45, 2.75) is 87.9 Å². The molecule has 4 saturated carbocycles. The second-order valence-corrected chi connectivity index (χ2v) is 17.4. The van der Waals surface area contributed by atoms with Crippen LogP contribution in [0.3, 0.4) is 0 Å². The standard InChI is InChI=1S/C45H35N3O/c46-18-28-15-34-40(38-26-11-20-5-21(12-26)8-24(7-20)36(28)38)33-17-32-30-3-1-2-4-31(30)45(49)41(32)43-42-35(48(34)44(33)43)16-29(19-47)37-25-9-22-6-23(10-25)14-27(13-22)39(37)42/h1-4,15-17,20-27H,5-14H2. The molecule has 2 aromatic heterocycles. The van der Waals surface area contributed by atoms with Crippen LogP contribution < -0.4 is 0 Å². The zero-order chi connectivity index (χ0) is 32.0. The quantitative estimate of drug-likeness (QED) is 0.167. The lowest BCUT2D eigenvalue weighted by Gasteiger charge is -2.38. The molecule has 8 bridgehead atoms. The van der Waals surface area contributed by atoms with Crippen molar-refractivity contribution >= 4 is 43.9 Å². The number of carbonyl (C=O) groups is 1. The molecule has 0 saturated heterocycles. The predicted octanol–water partition coefficient (Wildman–Crippen LogP) is 10.6. The van der Waals surface area contributed by atoms with E-state index in [4.69, 9.17) is 0 Å². The van der Waals surface area contributed by atoms with E-state index in [1.54, 1.807) is 0 Å². The summed E-state index contributed by atoms with van der Waals surface area (Å²) in [6, 6.07) is 20.4. The third-order valence-corrected chi connectivity index (χ3v) is 15.1. The van der Waals surface area contributed by atoms with Crippen molar-refractivity contribution < 1.29 is 4.79 Å². The minimum Gasteiger partial charge on any atom is -0.308 e. The summed E-state index contributed by atoms with van der Waals surface area (Å²) in [6.07, 6.45) is 12.3. The van der Waals surface area contributed by atoms with Crippen LogP contribution in [0.15, 0.2) is 42.5 Å². The van der Waals surface area contributed by atoms with Crippen molar-refractivity contribution in [3.8, 4) is 23.3 Å². The van der Waals surface area contributed by atoms with E-state index >= 15 is 0 Å². The van der Waals surface area contributed by atoms with Crippen LogP contribution in [-0.2, 0) is 0 Å². The molecule has 0 radical (unpaired) electrons. The summed E-state index contributed by atoms with van der Waals surface area (Å²) in [5.74, 6) is 4.87. The van der Waals surface area contributed by atoms with Gasteiger partial charge in [0.05, 0.1) is 39.8 Å². The second-order valence-electron chi connectivity index (χ2n) is 17.4. The van der Waals surface area contributed by atoms with Crippen LogP contribution in [0.4, 0.5) is 0 Å². The predicted molar refractivity (Wildman–Crippen MR) is 190 cm³/mol. The number of aromatic nitrogens is 1. The van der Waals surface area contributed by atoms with Gasteiger partial charge in [0.1, 0.15) is 0 Å². The molecule has 4 fully saturated rings. The van der Waals surface area contributed by atoms with Gasteiger partial charge in [-0.3, -0.25) is 4.79 Å². The molecule has 236 valence electrons. The van der Waals surface area contributed by atoms with E-state index in [0.29, 0.717) is 23.7 Å². The maximum absolute atomic E-state index is 14.7. The minimum atomic E-state index is 0.136. The van der Waals surface area contributed by atoms with Crippen molar-refractivity contribution in [3.05, 3.63) is 87.0 Å². The fraction of sp³-hybridized carbons (Fsp3) is 0.400. The van der Waals surface area contributed by atoms with Gasteiger partial charge in [-0.05, 0) is 163 Å². The van der Waals surface area contributed by atoms with Crippen LogP contribution in [0.5, 0.6) is 0 Å². The highest BCUT2D eigenvalue weighted by atomic mass is 16.1. The Labute approximate surface area is 284 Å². The van der Waals surface area contributed by atoms with Gasteiger partial charge in [0.15, 0.2) is 5.78 Å². The van der Waals surface area contributed by atoms with Crippen molar-refractivity contribution in [2.24, 2.45) is 23.7 Å². The van der Waals surface area contributed by atoms with E-state index < -0.39 is 0 Å². The number of benzene rings is 4. The van der Waals surface area contributed by atoms with E-state index in [2.05, 4.69) is 46.9 Å². The first-order chi connectivity index (χ1) is 24.1. The van der Waals surface area contributed by atoms with E-state index in [0.717, 1.165) is 79.0 Å². The fourth-order valence-electron chi connectivity index (χ4n) is 14.1. The molecule has 4 unspecified atom stereocenters. The molecule has 2 heterocycles. The van der Waals surface area contributed by atoms with Crippen molar-refractivity contribution in [1.82, 2.24) is 4.40 Å². The van der Waals surface area contributed by atoms with Gasteiger partial charge in [-0.25, -0.2) is 0 Å². The van der Waals surface area contributed by atoms with E-state index in [-0.39, 0.29) is 5.78 Å². The topological polar surface area (TPSA) is 69.1 Å². The molecule has 4 aromatic carbocycles. The highest BCUT2D eigenvalue weighted by Gasteiger charge is 2.47. The van der Waals surface area contributed by atoms with Gasteiger partial charge in [-0.2, -0.15) is 10.5 Å². The van der Waals surface area contributed by atoms with Gasteiger partial charge in [-0.1, -0.05) is 24.3 Å². The number of hydrogen-bond acceptors (Lipinski definition) is 3. The largest absolute Gasteiger partial charge is 0.308 e. The van der Waals surface area contributed by atoms with Crippen molar-refractivity contribution in [2.75, 3.05) is 0 Å². The van der Waals surface area contributed by atoms with E-state index in [1.807, 2.05) is 12.1 Å². The molecule has 4 atom stereocenters. The number of nitriles is 2. The third-order valence-electron chi connectivity index (χ3n) is 15.1. The molecule has 4 heteroatoms. The molecule has 15 rings (SSSR count). The summed E-state index contributed by atoms with van der Waals surface area (Å²) in [4.78, 5) is 14.7. The Hall–Kier alpha value is -4.67. The Morgan fingerprint density at radius 3 is 1.59 bits per heavy atom. The minimum absolute atomic E-state index is 0.136. The van der Waals surface area contributed by atoms with Gasteiger partial charge >= 0.3 is 0 Å². The number of rotatable bonds is 0. The smallest absolute Gasteiger partial charge is 0.194 e. The van der Waals surface area contributed by atoms with Crippen LogP contribution in [0.2, 0.25) is 0 Å². The Morgan fingerprint density at radius 1 is 0.551 bits per heavy atom. The zero-order valence-corrected chi connectivity index (χ0v) is 27.5. The van der Waals surface area contributed by atoms with Crippen LogP contribution in [0.25, 0.3) is 49.2 Å². The van der Waals surface area contributed by atoms with E-state index in [1.165, 1.54) is 103 Å². The average molecular weight is 634 g/mol. The molecular formula is C45H35N3O. The number of nitrogens with zero attached hydrogens (tertiary/aromatic N) is 3. The molecule has 0 aliphatic heterocycles. The molecule has 6 aromatic rings. The molecule has 0 spiro atoms. The van der Waals surface area contributed by atoms with Crippen molar-refractivity contribution in [3.63, 3.8) is 0 Å². The van der Waals surface area contributed by atoms with Crippen molar-refractivity contribution in [1.29, 1.82) is 10.5 Å². The summed E-state index contributed by atoms with van der Waals surface area (Å²) in [5, 5.41) is 26.6. The molecule has 9 aliphatic carbocycles. The van der Waals surface area contributed by atoms with Gasteiger partial charge in [0, 0.05) is 32.7 Å². The van der Waals surface area contributed by atoms with Gasteiger partial charge in [0.25, 0.3) is 0 Å². The lowest BCUT2D eigenvalue weighted by atomic mass is 9.67. The van der Waals surface area contributed by atoms with Crippen LogP contribution in [0, 0.1) is 46.3 Å². The second kappa shape index (κ2) is 8.54. The summed E-state index contributed by atoms with van der Waals surface area (Å²) < 4.78 is 2.43. The highest BCUT2D eigenvalue weighted by Crippen LogP contribution is 2.62. The number of carbonyl (C=O) groups excluding carboxylic acids is 1. The normalized spacial score (nSPS) is 31.3. The Bertz CT molecular complexity index is 2650. The number of hydrogen-bond donors (Lipinski definition) is 0. The van der Waals surface area contributed by atoms with Gasteiger partial charge in [-0.15, -0.1) is 0 Å². The lowest BCUT2D eigenvalue weighted by molar-refractivity contribution is 0.104.